The van der Waals surface area contributed by atoms with E-state index in [1.165, 1.54) is 0 Å². The zero-order valence-corrected chi connectivity index (χ0v) is 23.8. The van der Waals surface area contributed by atoms with E-state index in [2.05, 4.69) is 0 Å². The molecule has 0 aromatic rings. The SMILES string of the molecule is C[SiH]1O[SiH](C)O[SiH](C)O[Si](C)(CCCOCC(F)(F)C(F)F)O[SiH](C)O1.FC(F)=C(F)F. The Hall–Kier alpha value is 0.0244. The van der Waals surface area contributed by atoms with Gasteiger partial charge in [-0.3, -0.25) is 0 Å². The van der Waals surface area contributed by atoms with Gasteiger partial charge < -0.3 is 25.3 Å². The fourth-order valence-electron chi connectivity index (χ4n) is 2.54. The molecule has 6 nitrogen and oxygen atoms in total. The van der Waals surface area contributed by atoms with Crippen LogP contribution in [0.4, 0.5) is 35.1 Å². The average Bonchev–Trinajstić information content (AvgIpc) is 2.59. The fourth-order valence-corrected chi connectivity index (χ4v) is 20.2. The molecule has 1 heterocycles. The molecule has 0 saturated carbocycles. The molecule has 0 radical (unpaired) electrons. The lowest BCUT2D eigenvalue weighted by atomic mass is 10.4. The Morgan fingerprint density at radius 2 is 1.25 bits per heavy atom. The van der Waals surface area contributed by atoms with Crippen LogP contribution in [0.5, 0.6) is 0 Å². The second-order valence-electron chi connectivity index (χ2n) is 6.79. The summed E-state index contributed by atoms with van der Waals surface area (Å²) in [5.41, 5.74) is 0. The molecular weight excluding hydrogens is 545 g/mol. The van der Waals surface area contributed by atoms with Crippen molar-refractivity contribution in [3.8, 4) is 0 Å². The first kappa shape index (κ1) is 32.0. The van der Waals surface area contributed by atoms with E-state index >= 15 is 0 Å². The minimum absolute atomic E-state index is 0.0649. The molecule has 4 unspecified atom stereocenters. The molecule has 1 saturated heterocycles. The topological polar surface area (TPSA) is 55.4 Å². The van der Waals surface area contributed by atoms with Gasteiger partial charge in [0.2, 0.25) is 0 Å². The van der Waals surface area contributed by atoms with Gasteiger partial charge in [0.15, 0.2) is 0 Å². The Bertz CT molecular complexity index is 545. The molecule has 0 aromatic heterocycles. The van der Waals surface area contributed by atoms with E-state index in [1.54, 1.807) is 0 Å². The van der Waals surface area contributed by atoms with Gasteiger partial charge in [-0.25, -0.2) is 8.78 Å². The van der Waals surface area contributed by atoms with Crippen LogP contribution in [0.2, 0.25) is 38.8 Å². The first-order valence-electron chi connectivity index (χ1n) is 9.50. The first-order chi connectivity index (χ1) is 14.6. The van der Waals surface area contributed by atoms with E-state index in [9.17, 15) is 35.1 Å². The second kappa shape index (κ2) is 15.1. The van der Waals surface area contributed by atoms with E-state index in [0.29, 0.717) is 12.5 Å². The van der Waals surface area contributed by atoms with E-state index < -0.39 is 76.8 Å². The number of ether oxygens (including phenoxy) is 1. The summed E-state index contributed by atoms with van der Waals surface area (Å²) in [7, 11) is -10.1. The summed E-state index contributed by atoms with van der Waals surface area (Å²) in [6.07, 6.45) is -9.17. The van der Waals surface area contributed by atoms with Gasteiger partial charge in [-0.05, 0) is 45.2 Å². The average molecular weight is 573 g/mol. The van der Waals surface area contributed by atoms with Crippen LogP contribution in [0.1, 0.15) is 6.42 Å². The minimum Gasteiger partial charge on any atom is -0.420 e. The molecule has 19 heteroatoms. The largest absolute Gasteiger partial charge is 0.420 e. The maximum absolute atomic E-state index is 12.8. The molecule has 1 aliphatic rings. The summed E-state index contributed by atoms with van der Waals surface area (Å²) in [4.78, 5) is 0. The zero-order chi connectivity index (χ0) is 25.1. The summed E-state index contributed by atoms with van der Waals surface area (Å²) < 4.78 is 125. The van der Waals surface area contributed by atoms with Crippen LogP contribution >= 0.6 is 0 Å². The fraction of sp³-hybridized carbons (Fsp3) is 0.846. The Morgan fingerprint density at radius 3 is 1.62 bits per heavy atom. The van der Waals surface area contributed by atoms with E-state index in [4.69, 9.17) is 25.3 Å². The molecule has 192 valence electrons. The lowest BCUT2D eigenvalue weighted by Gasteiger charge is -2.36. The van der Waals surface area contributed by atoms with Crippen molar-refractivity contribution >= 4 is 45.7 Å². The van der Waals surface area contributed by atoms with Crippen molar-refractivity contribution in [1.29, 1.82) is 0 Å². The number of hydrogen-bond donors (Lipinski definition) is 0. The molecular formula is C13H28F8O6Si5. The Labute approximate surface area is 189 Å². The van der Waals surface area contributed by atoms with Crippen molar-refractivity contribution in [2.45, 2.75) is 57.5 Å². The second-order valence-corrected chi connectivity index (χ2v) is 19.2. The van der Waals surface area contributed by atoms with E-state index in [0.717, 1.165) is 0 Å². The monoisotopic (exact) mass is 572 g/mol. The van der Waals surface area contributed by atoms with Crippen LogP contribution in [0, 0.1) is 0 Å². The van der Waals surface area contributed by atoms with Crippen molar-refractivity contribution < 1.29 is 60.4 Å². The van der Waals surface area contributed by atoms with Crippen LogP contribution < -0.4 is 0 Å². The van der Waals surface area contributed by atoms with Crippen LogP contribution in [0.15, 0.2) is 12.2 Å². The maximum Gasteiger partial charge on any atom is 0.334 e. The summed E-state index contributed by atoms with van der Waals surface area (Å²) >= 11 is 0. The minimum atomic E-state index is -4.13. The summed E-state index contributed by atoms with van der Waals surface area (Å²) in [6.45, 7) is 8.21. The van der Waals surface area contributed by atoms with E-state index in [-0.39, 0.29) is 6.61 Å². The van der Waals surface area contributed by atoms with Gasteiger partial charge in [-0.1, -0.05) is 0 Å². The van der Waals surface area contributed by atoms with Crippen LogP contribution in [0.3, 0.4) is 0 Å². The zero-order valence-electron chi connectivity index (χ0n) is 18.2. The van der Waals surface area contributed by atoms with Crippen molar-refractivity contribution in [2.24, 2.45) is 0 Å². The van der Waals surface area contributed by atoms with Gasteiger partial charge in [-0.15, -0.1) is 0 Å². The Balaban J connectivity index is 0.00000140. The van der Waals surface area contributed by atoms with Crippen molar-refractivity contribution in [3.05, 3.63) is 12.2 Å². The predicted octanol–water partition coefficient (Wildman–Crippen LogP) is 3.85. The Morgan fingerprint density at radius 1 is 0.844 bits per heavy atom. The molecule has 4 atom stereocenters. The maximum atomic E-state index is 12.8. The smallest absolute Gasteiger partial charge is 0.334 e. The van der Waals surface area contributed by atoms with Gasteiger partial charge in [0.25, 0.3) is 37.1 Å². The molecule has 0 aliphatic carbocycles. The third kappa shape index (κ3) is 14.3. The quantitative estimate of drug-likeness (QED) is 0.263. The normalized spacial score (nSPS) is 29.8. The lowest BCUT2D eigenvalue weighted by molar-refractivity contribution is -0.165. The predicted molar refractivity (Wildman–Crippen MR) is 112 cm³/mol. The number of alkyl halides is 4. The molecule has 0 N–H and O–H groups in total. The molecule has 0 bridgehead atoms. The molecule has 0 aromatic carbocycles. The first-order valence-corrected chi connectivity index (χ1v) is 20.4. The van der Waals surface area contributed by atoms with Crippen LogP contribution in [-0.4, -0.2) is 71.3 Å². The highest BCUT2D eigenvalue weighted by Crippen LogP contribution is 2.24. The third-order valence-electron chi connectivity index (χ3n) is 3.66. The number of halogens is 8. The van der Waals surface area contributed by atoms with E-state index in [1.807, 2.05) is 32.7 Å². The summed E-state index contributed by atoms with van der Waals surface area (Å²) in [5, 5.41) is 0. The van der Waals surface area contributed by atoms with Crippen molar-refractivity contribution in [1.82, 2.24) is 0 Å². The Kier molecular flexibility index (Phi) is 15.1. The molecule has 0 spiro atoms. The number of hydrogen-bond acceptors (Lipinski definition) is 6. The molecule has 32 heavy (non-hydrogen) atoms. The summed E-state index contributed by atoms with van der Waals surface area (Å²) in [5.74, 6) is -4.13. The van der Waals surface area contributed by atoms with Crippen LogP contribution in [-0.2, 0) is 25.3 Å². The van der Waals surface area contributed by atoms with Gasteiger partial charge >= 0.3 is 33.1 Å². The van der Waals surface area contributed by atoms with Gasteiger partial charge in [0.1, 0.15) is 6.61 Å². The highest BCUT2D eigenvalue weighted by atomic mass is 28.5. The lowest BCUT2D eigenvalue weighted by Crippen LogP contribution is -2.52. The molecule has 1 aliphatic heterocycles. The van der Waals surface area contributed by atoms with Gasteiger partial charge in [-0.2, -0.15) is 26.3 Å². The highest BCUT2D eigenvalue weighted by Gasteiger charge is 2.41. The molecule has 0 amide bonds. The van der Waals surface area contributed by atoms with Gasteiger partial charge in [0, 0.05) is 6.61 Å². The summed E-state index contributed by atoms with van der Waals surface area (Å²) in [6, 6.07) is 0.487. The van der Waals surface area contributed by atoms with Crippen molar-refractivity contribution in [2.75, 3.05) is 13.2 Å². The molecule has 1 rings (SSSR count). The molecule has 1 fully saturated rings. The highest BCUT2D eigenvalue weighted by molar-refractivity contribution is 6.80. The van der Waals surface area contributed by atoms with Crippen LogP contribution in [0.25, 0.3) is 0 Å². The third-order valence-corrected chi connectivity index (χ3v) is 20.8. The van der Waals surface area contributed by atoms with Gasteiger partial charge in [0.05, 0.1) is 0 Å². The van der Waals surface area contributed by atoms with Crippen molar-refractivity contribution in [3.63, 3.8) is 0 Å². The standard InChI is InChI=1S/C11H28F4O6Si5.C2F4/c1-22-17-23(2)19-25(4)21-26(5,20-24(3)18-22)8-6-7-16-9-11(14,15)10(12)13;3-1(4)2(5)6/h10,22-25H,6-9H2,1-5H3;. The number of rotatable bonds is 7.